The fourth-order valence-electron chi connectivity index (χ4n) is 2.81. The van der Waals surface area contributed by atoms with Gasteiger partial charge in [-0.2, -0.15) is 0 Å². The zero-order valence-electron chi connectivity index (χ0n) is 16.5. The second kappa shape index (κ2) is 17.5. The molecule has 0 aromatic heterocycles. The van der Waals surface area contributed by atoms with E-state index in [9.17, 15) is 17.8 Å². The highest BCUT2D eigenvalue weighted by molar-refractivity contribution is 7.86. The van der Waals surface area contributed by atoms with Crippen LogP contribution < -0.4 is 5.32 Å². The minimum atomic E-state index is -4.46. The molecule has 0 saturated carbocycles. The van der Waals surface area contributed by atoms with Crippen LogP contribution in [0, 0.1) is 0 Å². The summed E-state index contributed by atoms with van der Waals surface area (Å²) in [7, 11) is -4.46. The van der Waals surface area contributed by atoms with Crippen LogP contribution >= 0.6 is 0 Å². The molecule has 0 atom stereocenters. The van der Waals surface area contributed by atoms with Crippen molar-refractivity contribution >= 4 is 16.0 Å². The van der Waals surface area contributed by atoms with Crippen molar-refractivity contribution in [1.82, 2.24) is 5.32 Å². The fraction of sp³-hybridized carbons (Fsp3) is 0.850. The molecule has 0 aromatic carbocycles. The molecule has 1 N–H and O–H groups in total. The van der Waals surface area contributed by atoms with E-state index in [0.717, 1.165) is 25.7 Å². The lowest BCUT2D eigenvalue weighted by atomic mass is 10.1. The summed E-state index contributed by atoms with van der Waals surface area (Å²) in [5.74, 6) is -1.66. The average molecular weight is 389 g/mol. The zero-order chi connectivity index (χ0) is 19.5. The molecule has 0 aliphatic heterocycles. The monoisotopic (exact) mass is 388 g/mol. The third kappa shape index (κ3) is 21.2. The Balaban J connectivity index is 3.24. The first-order valence-corrected chi connectivity index (χ1v) is 11.9. The predicted molar refractivity (Wildman–Crippen MR) is 107 cm³/mol. The van der Waals surface area contributed by atoms with Crippen LogP contribution in [-0.4, -0.2) is 31.2 Å². The molecule has 0 radical (unpaired) electrons. The summed E-state index contributed by atoms with van der Waals surface area (Å²) in [6.07, 6.45) is 21.7. The van der Waals surface area contributed by atoms with Gasteiger partial charge in [-0.05, 0) is 32.1 Å². The summed E-state index contributed by atoms with van der Waals surface area (Å²) < 4.78 is 31.2. The Morgan fingerprint density at radius 3 is 1.77 bits per heavy atom. The molecule has 0 aliphatic rings. The van der Waals surface area contributed by atoms with E-state index in [0.29, 0.717) is 6.54 Å². The molecule has 0 fully saturated rings. The molecule has 0 saturated heterocycles. The summed E-state index contributed by atoms with van der Waals surface area (Å²) in [5, 5.41) is 2.46. The quantitative estimate of drug-likeness (QED) is 0.210. The molecule has 154 valence electrons. The van der Waals surface area contributed by atoms with Crippen molar-refractivity contribution in [1.29, 1.82) is 0 Å². The summed E-state index contributed by atoms with van der Waals surface area (Å²) >= 11 is 0. The Labute approximate surface area is 160 Å². The van der Waals surface area contributed by atoms with Gasteiger partial charge in [-0.15, -0.1) is 0 Å². The maximum absolute atomic E-state index is 11.1. The number of amides is 1. The Morgan fingerprint density at radius 1 is 0.808 bits per heavy atom. The van der Waals surface area contributed by atoms with E-state index in [2.05, 4.69) is 24.4 Å². The van der Waals surface area contributed by atoms with Gasteiger partial charge < -0.3 is 9.87 Å². The maximum Gasteiger partial charge on any atom is 0.234 e. The van der Waals surface area contributed by atoms with E-state index in [4.69, 9.17) is 0 Å². The van der Waals surface area contributed by atoms with Gasteiger partial charge in [0, 0.05) is 6.54 Å². The smallest absolute Gasteiger partial charge is 0.234 e. The molecule has 0 aromatic rings. The van der Waals surface area contributed by atoms with Crippen molar-refractivity contribution < 1.29 is 17.8 Å². The standard InChI is InChI=1S/C20H39NO4S/c1-2-3-4-5-6-7-8-9-10-11-12-13-14-15-16-17-18-21-20(22)19-26(23,24)25/h9-10H,2-8,11-19H2,1H3,(H,21,22)(H,23,24,25)/p-1/b10-9-. The molecular weight excluding hydrogens is 350 g/mol. The Hall–Kier alpha value is -0.880. The van der Waals surface area contributed by atoms with Crippen LogP contribution in [0.3, 0.4) is 0 Å². The normalized spacial score (nSPS) is 11.9. The van der Waals surface area contributed by atoms with Crippen LogP contribution in [0.2, 0.25) is 0 Å². The third-order valence-electron chi connectivity index (χ3n) is 4.32. The van der Waals surface area contributed by atoms with Crippen LogP contribution in [0.15, 0.2) is 12.2 Å². The second-order valence-electron chi connectivity index (χ2n) is 6.99. The summed E-state index contributed by atoms with van der Waals surface area (Å²) in [6, 6.07) is 0. The molecule has 0 unspecified atom stereocenters. The first kappa shape index (κ1) is 25.1. The van der Waals surface area contributed by atoms with E-state index in [1.807, 2.05) is 0 Å². The molecule has 0 aliphatic carbocycles. The van der Waals surface area contributed by atoms with Crippen molar-refractivity contribution in [2.24, 2.45) is 0 Å². The van der Waals surface area contributed by atoms with E-state index in [1.54, 1.807) is 0 Å². The number of unbranched alkanes of at least 4 members (excludes halogenated alkanes) is 12. The van der Waals surface area contributed by atoms with Gasteiger partial charge in [0.2, 0.25) is 5.91 Å². The third-order valence-corrected chi connectivity index (χ3v) is 4.93. The SMILES string of the molecule is CCCCCCCC/C=C\CCCCCCCCNC(=O)CS(=O)(=O)[O-]. The molecule has 26 heavy (non-hydrogen) atoms. The minimum Gasteiger partial charge on any atom is -0.748 e. The van der Waals surface area contributed by atoms with E-state index in [1.165, 1.54) is 64.2 Å². The summed E-state index contributed by atoms with van der Waals surface area (Å²) in [6.45, 7) is 2.69. The largest absolute Gasteiger partial charge is 0.748 e. The van der Waals surface area contributed by atoms with E-state index in [-0.39, 0.29) is 0 Å². The van der Waals surface area contributed by atoms with Gasteiger partial charge in [0.05, 0.1) is 0 Å². The topological polar surface area (TPSA) is 86.3 Å². The van der Waals surface area contributed by atoms with Crippen molar-refractivity contribution in [2.45, 2.75) is 96.8 Å². The summed E-state index contributed by atoms with van der Waals surface area (Å²) in [5.41, 5.74) is 0. The molecule has 0 rings (SSSR count). The molecule has 0 spiro atoms. The highest BCUT2D eigenvalue weighted by Crippen LogP contribution is 2.09. The van der Waals surface area contributed by atoms with Gasteiger partial charge in [-0.25, -0.2) is 8.42 Å². The van der Waals surface area contributed by atoms with Gasteiger partial charge >= 0.3 is 0 Å². The average Bonchev–Trinajstić information content (AvgIpc) is 2.56. The van der Waals surface area contributed by atoms with Crippen LogP contribution in [0.1, 0.15) is 96.8 Å². The predicted octanol–water partition coefficient (Wildman–Crippen LogP) is 4.69. The number of allylic oxidation sites excluding steroid dienone is 2. The molecular formula is C20H38NO4S-. The Morgan fingerprint density at radius 2 is 1.27 bits per heavy atom. The first-order chi connectivity index (χ1) is 12.5. The number of carbonyl (C=O) groups is 1. The minimum absolute atomic E-state index is 0.440. The van der Waals surface area contributed by atoms with Gasteiger partial charge in [0.25, 0.3) is 0 Å². The van der Waals surface area contributed by atoms with Gasteiger partial charge in [0.15, 0.2) is 0 Å². The Kier molecular flexibility index (Phi) is 16.9. The maximum atomic E-state index is 11.1. The van der Waals surface area contributed by atoms with Gasteiger partial charge in [-0.3, -0.25) is 4.79 Å². The molecule has 1 amide bonds. The van der Waals surface area contributed by atoms with E-state index < -0.39 is 21.8 Å². The van der Waals surface area contributed by atoms with Gasteiger partial charge in [0.1, 0.15) is 15.9 Å². The molecule has 0 bridgehead atoms. The lowest BCUT2D eigenvalue weighted by Crippen LogP contribution is -2.30. The fourth-order valence-corrected chi connectivity index (χ4v) is 3.24. The van der Waals surface area contributed by atoms with E-state index >= 15 is 0 Å². The number of carbonyl (C=O) groups excluding carboxylic acids is 1. The number of hydrogen-bond donors (Lipinski definition) is 1. The summed E-state index contributed by atoms with van der Waals surface area (Å²) in [4.78, 5) is 11.1. The van der Waals surface area contributed by atoms with Gasteiger partial charge in [-0.1, -0.05) is 76.9 Å². The van der Waals surface area contributed by atoms with Crippen molar-refractivity contribution in [2.75, 3.05) is 12.3 Å². The van der Waals surface area contributed by atoms with Crippen LogP contribution in [-0.2, 0) is 14.9 Å². The highest BCUT2D eigenvalue weighted by atomic mass is 32.2. The van der Waals surface area contributed by atoms with Crippen LogP contribution in [0.5, 0.6) is 0 Å². The van der Waals surface area contributed by atoms with Crippen molar-refractivity contribution in [3.05, 3.63) is 12.2 Å². The molecule has 0 heterocycles. The number of rotatable bonds is 18. The molecule has 5 nitrogen and oxygen atoms in total. The van der Waals surface area contributed by atoms with Crippen LogP contribution in [0.25, 0.3) is 0 Å². The highest BCUT2D eigenvalue weighted by Gasteiger charge is 2.04. The first-order valence-electron chi connectivity index (χ1n) is 10.3. The number of nitrogens with one attached hydrogen (secondary N) is 1. The van der Waals surface area contributed by atoms with Crippen molar-refractivity contribution in [3.8, 4) is 0 Å². The second-order valence-corrected chi connectivity index (χ2v) is 8.39. The lowest BCUT2D eigenvalue weighted by Gasteiger charge is -2.07. The molecule has 6 heteroatoms. The van der Waals surface area contributed by atoms with Crippen molar-refractivity contribution in [3.63, 3.8) is 0 Å². The zero-order valence-corrected chi connectivity index (χ0v) is 17.3. The number of hydrogen-bond acceptors (Lipinski definition) is 4. The lowest BCUT2D eigenvalue weighted by molar-refractivity contribution is -0.118. The van der Waals surface area contributed by atoms with Crippen LogP contribution in [0.4, 0.5) is 0 Å². The Bertz CT molecular complexity index is 460.